The van der Waals surface area contributed by atoms with Gasteiger partial charge in [0.25, 0.3) is 5.56 Å². The smallest absolute Gasteiger partial charge is 0.416 e. The molecule has 1 heterocycles. The summed E-state index contributed by atoms with van der Waals surface area (Å²) in [6, 6.07) is 5.06. The van der Waals surface area contributed by atoms with Crippen molar-refractivity contribution in [3.8, 4) is 11.1 Å². The Morgan fingerprint density at radius 3 is 2.11 bits per heavy atom. The summed E-state index contributed by atoms with van der Waals surface area (Å²) < 4.78 is 44.1. The SMILES string of the molecule is CC(C)(C)OC(=O)Cn1cc(-c2ccc(C(F)(F)F)cc2)cc(C(=O)O)c1=O. The number of halogens is 3. The molecule has 0 saturated carbocycles. The van der Waals surface area contributed by atoms with E-state index in [2.05, 4.69) is 0 Å². The summed E-state index contributed by atoms with van der Waals surface area (Å²) in [5.41, 5.74) is -2.77. The van der Waals surface area contributed by atoms with Crippen LogP contribution in [0.1, 0.15) is 36.7 Å². The molecule has 0 bridgehead atoms. The van der Waals surface area contributed by atoms with Gasteiger partial charge in [-0.15, -0.1) is 0 Å². The fourth-order valence-electron chi connectivity index (χ4n) is 2.43. The Labute approximate surface area is 158 Å². The van der Waals surface area contributed by atoms with Gasteiger partial charge in [-0.25, -0.2) is 4.79 Å². The maximum atomic E-state index is 12.7. The van der Waals surface area contributed by atoms with Gasteiger partial charge in [0.2, 0.25) is 0 Å². The number of alkyl halides is 3. The summed E-state index contributed by atoms with van der Waals surface area (Å²) in [5, 5.41) is 9.25. The highest BCUT2D eigenvalue weighted by atomic mass is 19.4. The molecule has 0 aliphatic carbocycles. The monoisotopic (exact) mass is 397 g/mol. The molecule has 1 aromatic heterocycles. The number of hydrogen-bond acceptors (Lipinski definition) is 4. The second-order valence-corrected chi connectivity index (χ2v) is 7.04. The Kier molecular flexibility index (Phi) is 5.67. The summed E-state index contributed by atoms with van der Waals surface area (Å²) in [6.07, 6.45) is -3.30. The largest absolute Gasteiger partial charge is 0.477 e. The highest BCUT2D eigenvalue weighted by Gasteiger charge is 2.30. The quantitative estimate of drug-likeness (QED) is 0.798. The van der Waals surface area contributed by atoms with Crippen molar-refractivity contribution in [2.45, 2.75) is 39.1 Å². The van der Waals surface area contributed by atoms with Gasteiger partial charge < -0.3 is 14.4 Å². The minimum Gasteiger partial charge on any atom is -0.477 e. The number of hydrogen-bond donors (Lipinski definition) is 1. The number of aromatic nitrogens is 1. The van der Waals surface area contributed by atoms with E-state index >= 15 is 0 Å². The first-order valence-electron chi connectivity index (χ1n) is 8.15. The maximum Gasteiger partial charge on any atom is 0.416 e. The summed E-state index contributed by atoms with van der Waals surface area (Å²) in [6.45, 7) is 4.36. The predicted octanol–water partition coefficient (Wildman–Crippen LogP) is 3.57. The van der Waals surface area contributed by atoms with Gasteiger partial charge in [-0.1, -0.05) is 12.1 Å². The number of ether oxygens (including phenoxy) is 1. The molecule has 6 nitrogen and oxygen atoms in total. The van der Waals surface area contributed by atoms with Crippen LogP contribution < -0.4 is 5.56 Å². The van der Waals surface area contributed by atoms with E-state index in [1.165, 1.54) is 6.20 Å². The fraction of sp³-hybridized carbons (Fsp3) is 0.316. The van der Waals surface area contributed by atoms with Crippen LogP contribution >= 0.6 is 0 Å². The molecule has 9 heteroatoms. The van der Waals surface area contributed by atoms with Gasteiger partial charge in [0, 0.05) is 6.20 Å². The third-order valence-electron chi connectivity index (χ3n) is 3.58. The van der Waals surface area contributed by atoms with Crippen molar-refractivity contribution < 1.29 is 32.6 Å². The Morgan fingerprint density at radius 1 is 1.07 bits per heavy atom. The molecule has 2 aromatic rings. The maximum absolute atomic E-state index is 12.7. The van der Waals surface area contributed by atoms with Crippen LogP contribution in [-0.4, -0.2) is 27.2 Å². The number of carbonyl (C=O) groups is 2. The van der Waals surface area contributed by atoms with E-state index < -0.39 is 46.9 Å². The van der Waals surface area contributed by atoms with Crippen molar-refractivity contribution in [3.63, 3.8) is 0 Å². The number of carbonyl (C=O) groups excluding carboxylic acids is 1. The minimum absolute atomic E-state index is 0.175. The van der Waals surface area contributed by atoms with Crippen LogP contribution in [0.2, 0.25) is 0 Å². The summed E-state index contributed by atoms with van der Waals surface area (Å²) >= 11 is 0. The number of pyridine rings is 1. The topological polar surface area (TPSA) is 85.6 Å². The third-order valence-corrected chi connectivity index (χ3v) is 3.58. The molecule has 150 valence electrons. The van der Waals surface area contributed by atoms with E-state index in [0.717, 1.165) is 34.9 Å². The van der Waals surface area contributed by atoms with Gasteiger partial charge in [0.05, 0.1) is 5.56 Å². The van der Waals surface area contributed by atoms with Gasteiger partial charge in [0.15, 0.2) is 0 Å². The molecule has 1 aromatic carbocycles. The number of carboxylic acid groups (broad SMARTS) is 1. The van der Waals surface area contributed by atoms with Crippen LogP contribution in [0.25, 0.3) is 11.1 Å². The zero-order chi connectivity index (χ0) is 21.3. The Morgan fingerprint density at radius 2 is 1.64 bits per heavy atom. The number of benzene rings is 1. The van der Waals surface area contributed by atoms with Crippen LogP contribution in [0.5, 0.6) is 0 Å². The average molecular weight is 397 g/mol. The molecule has 0 atom stereocenters. The lowest BCUT2D eigenvalue weighted by Crippen LogP contribution is -2.32. The van der Waals surface area contributed by atoms with Crippen LogP contribution in [0.15, 0.2) is 41.3 Å². The van der Waals surface area contributed by atoms with E-state index in [0.29, 0.717) is 0 Å². The molecule has 0 aliphatic heterocycles. The third kappa shape index (κ3) is 5.21. The number of carboxylic acids is 1. The van der Waals surface area contributed by atoms with Crippen LogP contribution in [0, 0.1) is 0 Å². The first kappa shape index (κ1) is 21.2. The number of esters is 1. The molecule has 0 fully saturated rings. The van der Waals surface area contributed by atoms with Crippen molar-refractivity contribution in [1.82, 2.24) is 4.57 Å². The minimum atomic E-state index is -4.51. The summed E-state index contributed by atoms with van der Waals surface area (Å²) in [4.78, 5) is 35.7. The fourth-order valence-corrected chi connectivity index (χ4v) is 2.43. The predicted molar refractivity (Wildman–Crippen MR) is 93.9 cm³/mol. The standard InChI is InChI=1S/C19H18F3NO5/c1-18(2,3)28-15(24)10-23-9-12(8-14(16(23)25)17(26)27)11-4-6-13(7-5-11)19(20,21)22/h4-9H,10H2,1-3H3,(H,26,27). The summed E-state index contributed by atoms with van der Waals surface area (Å²) in [5.74, 6) is -2.27. The van der Waals surface area contributed by atoms with E-state index in [1.54, 1.807) is 20.8 Å². The van der Waals surface area contributed by atoms with E-state index in [1.807, 2.05) is 0 Å². The van der Waals surface area contributed by atoms with Crippen molar-refractivity contribution in [2.24, 2.45) is 0 Å². The summed E-state index contributed by atoms with van der Waals surface area (Å²) in [7, 11) is 0. The first-order chi connectivity index (χ1) is 12.8. The molecule has 0 amide bonds. The van der Waals surface area contributed by atoms with Crippen LogP contribution in [0.4, 0.5) is 13.2 Å². The molecule has 0 saturated heterocycles. The lowest BCUT2D eigenvalue weighted by molar-refractivity contribution is -0.155. The molecule has 0 aliphatic rings. The van der Waals surface area contributed by atoms with Gasteiger partial charge in [-0.05, 0) is 50.1 Å². The Bertz CT molecular complexity index is 954. The van der Waals surface area contributed by atoms with Crippen molar-refractivity contribution in [1.29, 1.82) is 0 Å². The van der Waals surface area contributed by atoms with Gasteiger partial charge in [0.1, 0.15) is 17.7 Å². The van der Waals surface area contributed by atoms with Crippen molar-refractivity contribution in [2.75, 3.05) is 0 Å². The second-order valence-electron chi connectivity index (χ2n) is 7.04. The van der Waals surface area contributed by atoms with E-state index in [-0.39, 0.29) is 11.1 Å². The molecule has 28 heavy (non-hydrogen) atoms. The normalized spacial score (nSPS) is 11.9. The van der Waals surface area contributed by atoms with Gasteiger partial charge in [-0.3, -0.25) is 9.59 Å². The van der Waals surface area contributed by atoms with E-state index in [4.69, 9.17) is 4.74 Å². The van der Waals surface area contributed by atoms with Crippen molar-refractivity contribution in [3.05, 3.63) is 58.0 Å². The van der Waals surface area contributed by atoms with Crippen LogP contribution in [0.3, 0.4) is 0 Å². The average Bonchev–Trinajstić information content (AvgIpc) is 2.54. The van der Waals surface area contributed by atoms with Gasteiger partial charge in [-0.2, -0.15) is 13.2 Å². The first-order valence-corrected chi connectivity index (χ1v) is 8.15. The highest BCUT2D eigenvalue weighted by Crippen LogP contribution is 2.31. The van der Waals surface area contributed by atoms with E-state index in [9.17, 15) is 32.7 Å². The van der Waals surface area contributed by atoms with Crippen LogP contribution in [-0.2, 0) is 22.3 Å². The molecule has 0 unspecified atom stereocenters. The highest BCUT2D eigenvalue weighted by molar-refractivity contribution is 5.89. The Balaban J connectivity index is 2.48. The second kappa shape index (κ2) is 7.49. The van der Waals surface area contributed by atoms with Gasteiger partial charge >= 0.3 is 18.1 Å². The van der Waals surface area contributed by atoms with Crippen molar-refractivity contribution >= 4 is 11.9 Å². The number of aromatic carboxylic acids is 1. The zero-order valence-electron chi connectivity index (χ0n) is 15.3. The number of rotatable bonds is 4. The molecule has 1 N–H and O–H groups in total. The lowest BCUT2D eigenvalue weighted by Gasteiger charge is -2.20. The number of nitrogens with zero attached hydrogens (tertiary/aromatic N) is 1. The molecule has 0 spiro atoms. The molecule has 2 rings (SSSR count). The lowest BCUT2D eigenvalue weighted by atomic mass is 10.0. The molecular weight excluding hydrogens is 379 g/mol. The Hall–Kier alpha value is -3.10. The molecular formula is C19H18F3NO5. The zero-order valence-corrected chi connectivity index (χ0v) is 15.3. The molecule has 0 radical (unpaired) electrons.